The normalized spacial score (nSPS) is 11.0. The fraction of sp³-hybridized carbons (Fsp3) is 0.100. The molecule has 0 aliphatic rings. The van der Waals surface area contributed by atoms with Crippen LogP contribution in [0.1, 0.15) is 21.7 Å². The van der Waals surface area contributed by atoms with E-state index in [4.69, 9.17) is 0 Å². The van der Waals surface area contributed by atoms with Crippen molar-refractivity contribution in [3.63, 3.8) is 0 Å². The van der Waals surface area contributed by atoms with Gasteiger partial charge in [0.05, 0.1) is 11.0 Å². The zero-order valence-electron chi connectivity index (χ0n) is 14.1. The van der Waals surface area contributed by atoms with Gasteiger partial charge in [0.15, 0.2) is 0 Å². The van der Waals surface area contributed by atoms with E-state index >= 15 is 0 Å². The van der Waals surface area contributed by atoms with Gasteiger partial charge in [-0.2, -0.15) is 0 Å². The second-order valence-corrected chi connectivity index (χ2v) is 6.04. The lowest BCUT2D eigenvalue weighted by molar-refractivity contribution is 0.101. The van der Waals surface area contributed by atoms with Crippen molar-refractivity contribution in [3.8, 4) is 5.69 Å². The van der Waals surface area contributed by atoms with Crippen molar-refractivity contribution >= 4 is 16.9 Å². The number of aromatic nitrogens is 3. The lowest BCUT2D eigenvalue weighted by atomic mass is 10.2. The maximum absolute atomic E-state index is 12.5. The van der Waals surface area contributed by atoms with E-state index in [1.807, 2.05) is 48.5 Å². The van der Waals surface area contributed by atoms with Gasteiger partial charge >= 0.3 is 0 Å². The zero-order chi connectivity index (χ0) is 17.4. The Morgan fingerprint density at radius 1 is 0.920 bits per heavy atom. The lowest BCUT2D eigenvalue weighted by Crippen LogP contribution is -2.22. The van der Waals surface area contributed by atoms with Crippen LogP contribution in [0.15, 0.2) is 67.0 Å². The molecule has 2 aromatic carbocycles. The van der Waals surface area contributed by atoms with Crippen molar-refractivity contribution in [1.29, 1.82) is 0 Å². The number of amides is 1. The highest BCUT2D eigenvalue weighted by molar-refractivity contribution is 6.00. The highest BCUT2D eigenvalue weighted by Crippen LogP contribution is 2.17. The van der Waals surface area contributed by atoms with Gasteiger partial charge in [-0.05, 0) is 62.4 Å². The van der Waals surface area contributed by atoms with Gasteiger partial charge in [-0.15, -0.1) is 0 Å². The molecular formula is C20H18N4O. The van der Waals surface area contributed by atoms with Crippen molar-refractivity contribution in [2.24, 2.45) is 0 Å². The number of rotatable bonds is 3. The highest BCUT2D eigenvalue weighted by atomic mass is 16.2. The summed E-state index contributed by atoms with van der Waals surface area (Å²) < 4.78 is 3.80. The second-order valence-electron chi connectivity index (χ2n) is 6.04. The molecule has 1 amide bonds. The molecule has 0 saturated heterocycles. The minimum Gasteiger partial charge on any atom is -0.319 e. The van der Waals surface area contributed by atoms with Crippen molar-refractivity contribution in [3.05, 3.63) is 83.9 Å². The van der Waals surface area contributed by atoms with Crippen LogP contribution in [-0.2, 0) is 0 Å². The van der Waals surface area contributed by atoms with Gasteiger partial charge in [-0.1, -0.05) is 12.1 Å². The quantitative estimate of drug-likeness (QED) is 0.621. The van der Waals surface area contributed by atoms with E-state index in [1.54, 1.807) is 11.0 Å². The van der Waals surface area contributed by atoms with Gasteiger partial charge in [0, 0.05) is 22.6 Å². The maximum atomic E-state index is 12.5. The van der Waals surface area contributed by atoms with Gasteiger partial charge in [-0.25, -0.2) is 9.66 Å². The highest BCUT2D eigenvalue weighted by Gasteiger charge is 2.10. The van der Waals surface area contributed by atoms with Crippen LogP contribution < -0.4 is 5.43 Å². The number of aryl methyl sites for hydroxylation is 2. The van der Waals surface area contributed by atoms with E-state index in [0.717, 1.165) is 16.7 Å². The Morgan fingerprint density at radius 3 is 2.32 bits per heavy atom. The Balaban J connectivity index is 1.59. The summed E-state index contributed by atoms with van der Waals surface area (Å²) in [5.74, 6) is -0.171. The number of para-hydroxylation sites is 2. The van der Waals surface area contributed by atoms with Crippen LogP contribution in [0.4, 0.5) is 0 Å². The third kappa shape index (κ3) is 2.70. The molecule has 4 rings (SSSR count). The van der Waals surface area contributed by atoms with Crippen LogP contribution in [-0.4, -0.2) is 20.1 Å². The van der Waals surface area contributed by atoms with Crippen LogP contribution in [0, 0.1) is 13.8 Å². The molecule has 0 spiro atoms. The number of hydrogen-bond donors (Lipinski definition) is 1. The monoisotopic (exact) mass is 330 g/mol. The Kier molecular flexibility index (Phi) is 3.61. The van der Waals surface area contributed by atoms with Crippen molar-refractivity contribution in [2.45, 2.75) is 13.8 Å². The lowest BCUT2D eigenvalue weighted by Gasteiger charge is -2.11. The number of nitrogens with zero attached hydrogens (tertiary/aromatic N) is 3. The van der Waals surface area contributed by atoms with Crippen LogP contribution in [0.25, 0.3) is 16.7 Å². The molecule has 0 bridgehead atoms. The third-order valence-electron chi connectivity index (χ3n) is 4.33. The number of hydrogen-bond acceptors (Lipinski definition) is 2. The molecule has 5 heteroatoms. The summed E-state index contributed by atoms with van der Waals surface area (Å²) in [7, 11) is 0. The summed E-state index contributed by atoms with van der Waals surface area (Å²) >= 11 is 0. The number of nitrogens with one attached hydrogen (secondary N) is 1. The predicted molar refractivity (Wildman–Crippen MR) is 98.7 cm³/mol. The van der Waals surface area contributed by atoms with E-state index < -0.39 is 0 Å². The third-order valence-corrected chi connectivity index (χ3v) is 4.33. The molecule has 124 valence electrons. The minimum atomic E-state index is -0.171. The second kappa shape index (κ2) is 5.94. The standard InChI is InChI=1S/C20H18N4O/c1-14-7-8-15(2)24(14)17-11-9-16(10-12-17)20(25)22-23-13-21-18-5-3-4-6-19(18)23/h3-13H,1-2H3,(H,22,25). The summed E-state index contributed by atoms with van der Waals surface area (Å²) in [4.78, 5) is 16.8. The van der Waals surface area contributed by atoms with Crippen LogP contribution in [0.2, 0.25) is 0 Å². The van der Waals surface area contributed by atoms with E-state index in [9.17, 15) is 4.79 Å². The average Bonchev–Trinajstić information content (AvgIpc) is 3.19. The number of carbonyl (C=O) groups is 1. The summed E-state index contributed by atoms with van der Waals surface area (Å²) in [6.07, 6.45) is 1.61. The van der Waals surface area contributed by atoms with Gasteiger partial charge in [0.1, 0.15) is 6.33 Å². The number of carbonyl (C=O) groups excluding carboxylic acids is 1. The van der Waals surface area contributed by atoms with Crippen molar-refractivity contribution in [2.75, 3.05) is 5.43 Å². The van der Waals surface area contributed by atoms with E-state index in [1.165, 1.54) is 11.4 Å². The molecule has 0 aliphatic carbocycles. The van der Waals surface area contributed by atoms with E-state index in [2.05, 4.69) is 41.0 Å². The average molecular weight is 330 g/mol. The minimum absolute atomic E-state index is 0.171. The summed E-state index contributed by atoms with van der Waals surface area (Å²) in [5.41, 5.74) is 8.56. The SMILES string of the molecule is Cc1ccc(C)n1-c1ccc(C(=O)Nn2cnc3ccccc32)cc1. The smallest absolute Gasteiger partial charge is 0.270 e. The molecule has 5 nitrogen and oxygen atoms in total. The molecule has 0 aliphatic heterocycles. The predicted octanol–water partition coefficient (Wildman–Crippen LogP) is 3.83. The topological polar surface area (TPSA) is 51.9 Å². The fourth-order valence-corrected chi connectivity index (χ4v) is 3.06. The molecule has 0 fully saturated rings. The first-order chi connectivity index (χ1) is 12.1. The Morgan fingerprint density at radius 2 is 1.60 bits per heavy atom. The van der Waals surface area contributed by atoms with Crippen LogP contribution in [0.3, 0.4) is 0 Å². The molecule has 0 atom stereocenters. The van der Waals surface area contributed by atoms with Crippen molar-refractivity contribution in [1.82, 2.24) is 14.2 Å². The van der Waals surface area contributed by atoms with Gasteiger partial charge in [-0.3, -0.25) is 10.2 Å². The zero-order valence-corrected chi connectivity index (χ0v) is 14.1. The van der Waals surface area contributed by atoms with Gasteiger partial charge in [0.25, 0.3) is 5.91 Å². The fourth-order valence-electron chi connectivity index (χ4n) is 3.06. The molecule has 1 N–H and O–H groups in total. The Labute approximate surface area is 145 Å². The first-order valence-corrected chi connectivity index (χ1v) is 8.12. The van der Waals surface area contributed by atoms with E-state index in [-0.39, 0.29) is 5.91 Å². The molecule has 4 aromatic rings. The molecule has 2 aromatic heterocycles. The number of fused-ring (bicyclic) bond motifs is 1. The Bertz CT molecular complexity index is 1040. The maximum Gasteiger partial charge on any atom is 0.270 e. The van der Waals surface area contributed by atoms with Crippen LogP contribution in [0.5, 0.6) is 0 Å². The molecular weight excluding hydrogens is 312 g/mol. The largest absolute Gasteiger partial charge is 0.319 e. The number of benzene rings is 2. The van der Waals surface area contributed by atoms with Crippen molar-refractivity contribution < 1.29 is 4.79 Å². The summed E-state index contributed by atoms with van der Waals surface area (Å²) in [5, 5.41) is 0. The molecule has 0 saturated carbocycles. The molecule has 0 radical (unpaired) electrons. The van der Waals surface area contributed by atoms with Gasteiger partial charge < -0.3 is 4.57 Å². The van der Waals surface area contributed by atoms with Gasteiger partial charge in [0.2, 0.25) is 0 Å². The Hall–Kier alpha value is -3.34. The molecule has 2 heterocycles. The first kappa shape index (κ1) is 15.2. The first-order valence-electron chi connectivity index (χ1n) is 8.12. The number of imidazole rings is 1. The molecule has 0 unspecified atom stereocenters. The summed E-state index contributed by atoms with van der Waals surface area (Å²) in [6, 6.07) is 19.4. The van der Waals surface area contributed by atoms with E-state index in [0.29, 0.717) is 5.56 Å². The summed E-state index contributed by atoms with van der Waals surface area (Å²) in [6.45, 7) is 4.13. The molecule has 25 heavy (non-hydrogen) atoms. The van der Waals surface area contributed by atoms with Crippen LogP contribution >= 0.6 is 0 Å².